The van der Waals surface area contributed by atoms with Crippen molar-refractivity contribution < 1.29 is 5.11 Å². The molecule has 0 aliphatic heterocycles. The fraction of sp³-hybridized carbons (Fsp3) is 0.586. The number of fused-ring (bicyclic) bond motifs is 4. The Balaban J connectivity index is 1.66. The van der Waals surface area contributed by atoms with Gasteiger partial charge < -0.3 is 10.0 Å². The van der Waals surface area contributed by atoms with Crippen LogP contribution in [0.1, 0.15) is 76.7 Å². The van der Waals surface area contributed by atoms with E-state index in [-0.39, 0.29) is 5.41 Å². The summed E-state index contributed by atoms with van der Waals surface area (Å²) in [6, 6.07) is 9.21. The molecule has 0 unspecified atom stereocenters. The maximum Gasteiger partial charge on any atom is 0.131 e. The van der Waals surface area contributed by atoms with Crippen molar-refractivity contribution in [2.75, 3.05) is 19.0 Å². The standard InChI is InChI=1S/C29H37NO/c1-5-17-29(31)18-16-26-24-15-12-20-8-6-7-9-23(20)27(24)25(19-28(26,29)2)21-10-13-22(14-11-21)30(3)4/h8,10-11,13-14,24-26,31H,6-7,9,12,15-16,18-19H2,1-4H3/t24-,25+,26-,28-,29-/m0/s1. The van der Waals surface area contributed by atoms with Crippen LogP contribution in [0.4, 0.5) is 5.69 Å². The van der Waals surface area contributed by atoms with Gasteiger partial charge in [0.1, 0.15) is 5.60 Å². The normalized spacial score (nSPS) is 36.5. The number of nitrogens with zero attached hydrogens (tertiary/aromatic N) is 1. The largest absolute Gasteiger partial charge is 0.378 e. The summed E-state index contributed by atoms with van der Waals surface area (Å²) in [5.41, 5.74) is 6.71. The molecule has 2 fully saturated rings. The molecule has 2 saturated carbocycles. The van der Waals surface area contributed by atoms with Gasteiger partial charge in [0.15, 0.2) is 0 Å². The van der Waals surface area contributed by atoms with Crippen LogP contribution in [-0.4, -0.2) is 24.8 Å². The lowest BCUT2D eigenvalue weighted by molar-refractivity contribution is -0.0513. The average Bonchev–Trinajstić information content (AvgIpc) is 3.03. The van der Waals surface area contributed by atoms with Gasteiger partial charge in [-0.1, -0.05) is 36.6 Å². The number of allylic oxidation sites excluding steroid dienone is 4. The summed E-state index contributed by atoms with van der Waals surface area (Å²) in [7, 11) is 4.20. The van der Waals surface area contributed by atoms with Crippen molar-refractivity contribution >= 4 is 5.69 Å². The zero-order chi connectivity index (χ0) is 21.8. The number of anilines is 1. The van der Waals surface area contributed by atoms with Crippen LogP contribution in [0, 0.1) is 29.1 Å². The fourth-order valence-corrected chi connectivity index (χ4v) is 7.49. The van der Waals surface area contributed by atoms with Crippen molar-refractivity contribution in [1.82, 2.24) is 0 Å². The summed E-state index contributed by atoms with van der Waals surface area (Å²) in [4.78, 5) is 2.17. The Labute approximate surface area is 188 Å². The molecule has 164 valence electrons. The van der Waals surface area contributed by atoms with Crippen molar-refractivity contribution in [3.63, 3.8) is 0 Å². The van der Waals surface area contributed by atoms with Crippen LogP contribution in [-0.2, 0) is 0 Å². The number of benzene rings is 1. The smallest absolute Gasteiger partial charge is 0.131 e. The molecule has 5 atom stereocenters. The summed E-state index contributed by atoms with van der Waals surface area (Å²) in [6.45, 7) is 4.23. The molecule has 0 heterocycles. The van der Waals surface area contributed by atoms with Gasteiger partial charge in [-0.25, -0.2) is 0 Å². The van der Waals surface area contributed by atoms with Gasteiger partial charge in [0.05, 0.1) is 0 Å². The lowest BCUT2D eigenvalue weighted by Crippen LogP contribution is -2.51. The van der Waals surface area contributed by atoms with Gasteiger partial charge in [-0.05, 0) is 99.0 Å². The van der Waals surface area contributed by atoms with E-state index >= 15 is 0 Å². The summed E-state index contributed by atoms with van der Waals surface area (Å²) in [5.74, 6) is 7.88. The molecule has 2 nitrogen and oxygen atoms in total. The number of hydrogen-bond donors (Lipinski definition) is 1. The van der Waals surface area contributed by atoms with Crippen molar-refractivity contribution in [2.24, 2.45) is 17.3 Å². The molecule has 5 rings (SSSR count). The summed E-state index contributed by atoms with van der Waals surface area (Å²) < 4.78 is 0. The lowest BCUT2D eigenvalue weighted by Gasteiger charge is -2.53. The molecule has 0 spiro atoms. The van der Waals surface area contributed by atoms with E-state index < -0.39 is 5.60 Å². The van der Waals surface area contributed by atoms with Crippen LogP contribution < -0.4 is 4.90 Å². The second-order valence-electron chi connectivity index (χ2n) is 10.7. The van der Waals surface area contributed by atoms with Crippen LogP contribution in [0.2, 0.25) is 0 Å². The van der Waals surface area contributed by atoms with E-state index in [0.717, 1.165) is 19.3 Å². The van der Waals surface area contributed by atoms with Gasteiger partial charge in [0.2, 0.25) is 0 Å². The van der Waals surface area contributed by atoms with Crippen LogP contribution in [0.15, 0.2) is 47.1 Å². The molecule has 4 aliphatic rings. The Morgan fingerprint density at radius 1 is 1.10 bits per heavy atom. The molecule has 0 saturated heterocycles. The van der Waals surface area contributed by atoms with E-state index in [4.69, 9.17) is 0 Å². The third-order valence-electron chi connectivity index (χ3n) is 9.10. The highest BCUT2D eigenvalue weighted by Gasteiger charge is 2.62. The van der Waals surface area contributed by atoms with Gasteiger partial charge in [-0.3, -0.25) is 0 Å². The topological polar surface area (TPSA) is 23.5 Å². The van der Waals surface area contributed by atoms with Crippen LogP contribution in [0.25, 0.3) is 0 Å². The lowest BCUT2D eigenvalue weighted by atomic mass is 9.51. The summed E-state index contributed by atoms with van der Waals surface area (Å²) in [5, 5.41) is 11.7. The SMILES string of the molecule is CC#C[C@]1(O)CC[C@H]2[C@@H]3CCC4=CCCCC4=C3[C@@H](c3ccc(N(C)C)cc3)C[C@@]21C. The minimum atomic E-state index is -0.854. The van der Waals surface area contributed by atoms with E-state index in [1.54, 1.807) is 16.7 Å². The first-order valence-corrected chi connectivity index (χ1v) is 12.2. The molecule has 0 bridgehead atoms. The van der Waals surface area contributed by atoms with Crippen molar-refractivity contribution in [3.8, 4) is 11.8 Å². The van der Waals surface area contributed by atoms with E-state index in [1.165, 1.54) is 43.4 Å². The van der Waals surface area contributed by atoms with Gasteiger partial charge in [0, 0.05) is 31.1 Å². The average molecular weight is 416 g/mol. The Kier molecular flexibility index (Phi) is 5.10. The van der Waals surface area contributed by atoms with E-state index in [0.29, 0.717) is 17.8 Å². The third-order valence-corrected chi connectivity index (χ3v) is 9.10. The Morgan fingerprint density at radius 2 is 1.87 bits per heavy atom. The van der Waals surface area contributed by atoms with Gasteiger partial charge >= 0.3 is 0 Å². The maximum atomic E-state index is 11.7. The predicted molar refractivity (Wildman–Crippen MR) is 129 cm³/mol. The third kappa shape index (κ3) is 3.12. The second-order valence-corrected chi connectivity index (χ2v) is 10.7. The monoisotopic (exact) mass is 415 g/mol. The Morgan fingerprint density at radius 3 is 2.58 bits per heavy atom. The van der Waals surface area contributed by atoms with E-state index in [1.807, 2.05) is 6.92 Å². The summed E-state index contributed by atoms with van der Waals surface area (Å²) >= 11 is 0. The first-order chi connectivity index (χ1) is 14.9. The van der Waals surface area contributed by atoms with Crippen LogP contribution in [0.3, 0.4) is 0 Å². The number of rotatable bonds is 2. The molecule has 1 aromatic rings. The molecule has 4 aliphatic carbocycles. The van der Waals surface area contributed by atoms with Crippen LogP contribution >= 0.6 is 0 Å². The highest BCUT2D eigenvalue weighted by molar-refractivity contribution is 5.52. The molecule has 1 N–H and O–H groups in total. The van der Waals surface area contributed by atoms with Gasteiger partial charge in [0.25, 0.3) is 0 Å². The molecular formula is C29H37NO. The Bertz CT molecular complexity index is 988. The highest BCUT2D eigenvalue weighted by Crippen LogP contribution is 2.66. The zero-order valence-corrected chi connectivity index (χ0v) is 19.7. The molecular weight excluding hydrogens is 378 g/mol. The minimum absolute atomic E-state index is 0.147. The van der Waals surface area contributed by atoms with Crippen molar-refractivity contribution in [1.29, 1.82) is 0 Å². The van der Waals surface area contributed by atoms with Gasteiger partial charge in [-0.2, -0.15) is 0 Å². The first kappa shape index (κ1) is 20.9. The van der Waals surface area contributed by atoms with Crippen molar-refractivity contribution in [3.05, 3.63) is 52.6 Å². The second kappa shape index (κ2) is 7.56. The highest BCUT2D eigenvalue weighted by atomic mass is 16.3. The molecule has 1 aromatic carbocycles. The summed E-state index contributed by atoms with van der Waals surface area (Å²) in [6.07, 6.45) is 11.7. The zero-order valence-electron chi connectivity index (χ0n) is 19.7. The van der Waals surface area contributed by atoms with Gasteiger partial charge in [-0.15, -0.1) is 5.92 Å². The molecule has 0 radical (unpaired) electrons. The quantitative estimate of drug-likeness (QED) is 0.579. The van der Waals surface area contributed by atoms with Crippen LogP contribution in [0.5, 0.6) is 0 Å². The maximum absolute atomic E-state index is 11.7. The Hall–Kier alpha value is -1.98. The first-order valence-electron chi connectivity index (χ1n) is 12.2. The minimum Gasteiger partial charge on any atom is -0.378 e. The molecule has 0 amide bonds. The predicted octanol–water partition coefficient (Wildman–Crippen LogP) is 6.23. The molecule has 31 heavy (non-hydrogen) atoms. The van der Waals surface area contributed by atoms with Crippen molar-refractivity contribution in [2.45, 2.75) is 76.7 Å². The fourth-order valence-electron chi connectivity index (χ4n) is 7.49. The number of hydrogen-bond acceptors (Lipinski definition) is 2. The van der Waals surface area contributed by atoms with E-state index in [2.05, 4.69) is 68.1 Å². The molecule has 2 heteroatoms. The number of aliphatic hydroxyl groups is 1. The molecule has 0 aromatic heterocycles. The van der Waals surface area contributed by atoms with E-state index in [9.17, 15) is 5.11 Å².